The van der Waals surface area contributed by atoms with Crippen molar-refractivity contribution in [2.24, 2.45) is 0 Å². The second-order valence-electron chi connectivity index (χ2n) is 9.87. The Morgan fingerprint density at radius 1 is 1.00 bits per heavy atom. The van der Waals surface area contributed by atoms with Gasteiger partial charge in [-0.15, -0.1) is 0 Å². The molecule has 0 spiro atoms. The summed E-state index contributed by atoms with van der Waals surface area (Å²) >= 11 is 0. The van der Waals surface area contributed by atoms with Crippen LogP contribution in [0.15, 0.2) is 60.1 Å². The van der Waals surface area contributed by atoms with Gasteiger partial charge < -0.3 is 18.9 Å². The summed E-state index contributed by atoms with van der Waals surface area (Å²) < 4.78 is 18.1. The lowest BCUT2D eigenvalue weighted by molar-refractivity contribution is 0.00578. The van der Waals surface area contributed by atoms with Gasteiger partial charge in [-0.1, -0.05) is 54.6 Å². The average molecular weight is 431 g/mol. The number of carbonyl (C=O) groups excluding carboxylic acids is 1. The number of amides is 1. The number of ether oxygens (including phenoxy) is 1. The Balaban J connectivity index is 1.22. The Bertz CT molecular complexity index is 1020. The summed E-state index contributed by atoms with van der Waals surface area (Å²) in [6, 6.07) is 16.8. The maximum absolute atomic E-state index is 12.8. The van der Waals surface area contributed by atoms with E-state index < -0.39 is 0 Å². The van der Waals surface area contributed by atoms with Gasteiger partial charge in [0.05, 0.1) is 11.2 Å². The van der Waals surface area contributed by atoms with E-state index in [9.17, 15) is 4.79 Å². The second kappa shape index (κ2) is 7.78. The standard InChI is InChI=1S/C26H30BNO4/c1-25(2)26(3,4)32-27(31-25)18-13-15-28(16-14-18)24(29)30-17-23-21-11-7-5-9-19(21)20-10-6-8-12-22(20)23/h5-13,23H,14-17H2,1-4H3. The molecule has 1 fully saturated rings. The minimum Gasteiger partial charge on any atom is -0.448 e. The fourth-order valence-corrected chi connectivity index (χ4v) is 4.74. The summed E-state index contributed by atoms with van der Waals surface area (Å²) in [5.74, 6) is 0.0759. The van der Waals surface area contributed by atoms with Gasteiger partial charge in [0.25, 0.3) is 0 Å². The normalized spacial score (nSPS) is 21.2. The smallest absolute Gasteiger partial charge is 0.448 e. The van der Waals surface area contributed by atoms with E-state index >= 15 is 0 Å². The predicted molar refractivity (Wildman–Crippen MR) is 125 cm³/mol. The molecule has 6 heteroatoms. The maximum atomic E-state index is 12.8. The van der Waals surface area contributed by atoms with E-state index in [2.05, 4.69) is 64.1 Å². The first-order valence-corrected chi connectivity index (χ1v) is 11.4. The minimum atomic E-state index is -0.359. The van der Waals surface area contributed by atoms with Gasteiger partial charge in [-0.2, -0.15) is 0 Å². The lowest BCUT2D eigenvalue weighted by Gasteiger charge is -2.32. The third-order valence-corrected chi connectivity index (χ3v) is 7.39. The number of hydrogen-bond acceptors (Lipinski definition) is 4. The molecule has 1 amide bonds. The molecule has 2 aromatic rings. The van der Waals surface area contributed by atoms with Crippen LogP contribution in [0.1, 0.15) is 51.2 Å². The first-order chi connectivity index (χ1) is 15.3. The van der Waals surface area contributed by atoms with Crippen LogP contribution in [-0.4, -0.2) is 49.0 Å². The molecule has 166 valence electrons. The van der Waals surface area contributed by atoms with Crippen LogP contribution >= 0.6 is 0 Å². The van der Waals surface area contributed by atoms with Gasteiger partial charge in [0.15, 0.2) is 0 Å². The zero-order valence-corrected chi connectivity index (χ0v) is 19.3. The molecule has 5 nitrogen and oxygen atoms in total. The number of nitrogens with zero attached hydrogens (tertiary/aromatic N) is 1. The molecule has 1 saturated heterocycles. The maximum Gasteiger partial charge on any atom is 0.490 e. The molecule has 0 bridgehead atoms. The molecule has 0 radical (unpaired) electrons. The molecule has 1 aliphatic carbocycles. The lowest BCUT2D eigenvalue weighted by Crippen LogP contribution is -2.41. The van der Waals surface area contributed by atoms with E-state index in [1.807, 2.05) is 18.2 Å². The summed E-state index contributed by atoms with van der Waals surface area (Å²) in [6.45, 7) is 9.68. The molecule has 0 atom stereocenters. The van der Waals surface area contributed by atoms with Gasteiger partial charge in [0.2, 0.25) is 0 Å². The molecule has 0 aromatic heterocycles. The third kappa shape index (κ3) is 3.56. The Labute approximate surface area is 190 Å². The highest BCUT2D eigenvalue weighted by molar-refractivity contribution is 6.54. The summed E-state index contributed by atoms with van der Waals surface area (Å²) in [6.07, 6.45) is 2.50. The summed E-state index contributed by atoms with van der Waals surface area (Å²) in [7, 11) is -0.343. The van der Waals surface area contributed by atoms with Crippen LogP contribution in [0.3, 0.4) is 0 Å². The van der Waals surface area contributed by atoms with Gasteiger partial charge in [-0.25, -0.2) is 4.79 Å². The van der Waals surface area contributed by atoms with Crippen molar-refractivity contribution >= 4 is 13.2 Å². The van der Waals surface area contributed by atoms with Crippen LogP contribution in [0.2, 0.25) is 0 Å². The van der Waals surface area contributed by atoms with Crippen molar-refractivity contribution in [1.29, 1.82) is 0 Å². The van der Waals surface area contributed by atoms with Gasteiger partial charge in [0, 0.05) is 19.0 Å². The van der Waals surface area contributed by atoms with Crippen LogP contribution in [0.5, 0.6) is 0 Å². The van der Waals surface area contributed by atoms with Crippen LogP contribution in [0.4, 0.5) is 4.79 Å². The van der Waals surface area contributed by atoms with Crippen molar-refractivity contribution in [2.75, 3.05) is 19.7 Å². The molecule has 32 heavy (non-hydrogen) atoms. The van der Waals surface area contributed by atoms with Crippen LogP contribution in [-0.2, 0) is 14.0 Å². The SMILES string of the molecule is CC1(C)OB(C2=CCN(C(=O)OCC3c4ccccc4-c4ccccc43)CC2)OC1(C)C. The van der Waals surface area contributed by atoms with Crippen molar-refractivity contribution in [3.63, 3.8) is 0 Å². The van der Waals surface area contributed by atoms with E-state index in [1.165, 1.54) is 22.3 Å². The van der Waals surface area contributed by atoms with Crippen LogP contribution in [0, 0.1) is 0 Å². The van der Waals surface area contributed by atoms with Gasteiger partial charge >= 0.3 is 13.2 Å². The second-order valence-corrected chi connectivity index (χ2v) is 9.87. The molecular formula is C26H30BNO4. The molecular weight excluding hydrogens is 401 g/mol. The van der Waals surface area contributed by atoms with E-state index in [1.54, 1.807) is 4.90 Å². The van der Waals surface area contributed by atoms with Crippen LogP contribution in [0.25, 0.3) is 11.1 Å². The van der Waals surface area contributed by atoms with E-state index in [4.69, 9.17) is 14.0 Å². The Morgan fingerprint density at radius 3 is 2.09 bits per heavy atom. The van der Waals surface area contributed by atoms with Crippen molar-refractivity contribution in [2.45, 2.75) is 51.2 Å². The first-order valence-electron chi connectivity index (χ1n) is 11.4. The Kier molecular flexibility index (Phi) is 5.18. The summed E-state index contributed by atoms with van der Waals surface area (Å²) in [4.78, 5) is 14.6. The van der Waals surface area contributed by atoms with E-state index in [0.717, 1.165) is 11.9 Å². The predicted octanol–water partition coefficient (Wildman–Crippen LogP) is 5.20. The first kappa shape index (κ1) is 21.3. The Hall–Kier alpha value is -2.57. The van der Waals surface area contributed by atoms with E-state index in [-0.39, 0.29) is 30.3 Å². The number of rotatable bonds is 3. The zero-order chi connectivity index (χ0) is 22.5. The fraction of sp³-hybridized carbons (Fsp3) is 0.423. The highest BCUT2D eigenvalue weighted by atomic mass is 16.7. The van der Waals surface area contributed by atoms with Crippen molar-refractivity contribution < 1.29 is 18.8 Å². The van der Waals surface area contributed by atoms with Crippen LogP contribution < -0.4 is 0 Å². The highest BCUT2D eigenvalue weighted by Crippen LogP contribution is 2.44. The summed E-state index contributed by atoms with van der Waals surface area (Å²) in [5, 5.41) is 0. The van der Waals surface area contributed by atoms with E-state index in [0.29, 0.717) is 19.7 Å². The monoisotopic (exact) mass is 431 g/mol. The molecule has 2 aromatic carbocycles. The number of fused-ring (bicyclic) bond motifs is 3. The fourth-order valence-electron chi connectivity index (χ4n) is 4.74. The highest BCUT2D eigenvalue weighted by Gasteiger charge is 2.52. The largest absolute Gasteiger partial charge is 0.490 e. The molecule has 0 N–H and O–H groups in total. The quantitative estimate of drug-likeness (QED) is 0.627. The number of hydrogen-bond donors (Lipinski definition) is 0. The van der Waals surface area contributed by atoms with Gasteiger partial charge in [0.1, 0.15) is 6.61 Å². The van der Waals surface area contributed by atoms with Gasteiger partial charge in [-0.05, 0) is 61.8 Å². The van der Waals surface area contributed by atoms with Crippen molar-refractivity contribution in [1.82, 2.24) is 4.90 Å². The van der Waals surface area contributed by atoms with Crippen molar-refractivity contribution in [3.05, 3.63) is 71.2 Å². The molecule has 2 heterocycles. The minimum absolute atomic E-state index is 0.0759. The molecule has 0 unspecified atom stereocenters. The summed E-state index contributed by atoms with van der Waals surface area (Å²) in [5.41, 5.74) is 5.30. The third-order valence-electron chi connectivity index (χ3n) is 7.39. The zero-order valence-electron chi connectivity index (χ0n) is 19.3. The molecule has 2 aliphatic heterocycles. The topological polar surface area (TPSA) is 48.0 Å². The Morgan fingerprint density at radius 2 is 1.56 bits per heavy atom. The number of benzene rings is 2. The van der Waals surface area contributed by atoms with Crippen molar-refractivity contribution in [3.8, 4) is 11.1 Å². The molecule has 3 aliphatic rings. The molecule has 0 saturated carbocycles. The number of carbonyl (C=O) groups is 1. The molecule has 5 rings (SSSR count). The lowest BCUT2D eigenvalue weighted by atomic mass is 9.75. The van der Waals surface area contributed by atoms with Gasteiger partial charge in [-0.3, -0.25) is 0 Å². The average Bonchev–Trinajstić information content (AvgIpc) is 3.22.